The normalized spacial score (nSPS) is 14.5. The van der Waals surface area contributed by atoms with Gasteiger partial charge in [0.25, 0.3) is 11.5 Å². The minimum Gasteiger partial charge on any atom is -0.357 e. The molecule has 0 radical (unpaired) electrons. The summed E-state index contributed by atoms with van der Waals surface area (Å²) in [5, 5.41) is 13.0. The van der Waals surface area contributed by atoms with Crippen molar-refractivity contribution in [2.24, 2.45) is 0 Å². The zero-order chi connectivity index (χ0) is 19.7. The summed E-state index contributed by atoms with van der Waals surface area (Å²) in [5.74, 6) is 0.0604. The maximum Gasteiger partial charge on any atom is 0.265 e. The summed E-state index contributed by atoms with van der Waals surface area (Å²) >= 11 is 0. The van der Waals surface area contributed by atoms with E-state index >= 15 is 0 Å². The van der Waals surface area contributed by atoms with Gasteiger partial charge in [-0.3, -0.25) is 19.3 Å². The highest BCUT2D eigenvalue weighted by molar-refractivity contribution is 5.97. The Morgan fingerprint density at radius 3 is 2.79 bits per heavy atom. The molecule has 9 nitrogen and oxygen atoms in total. The molecule has 3 N–H and O–H groups in total. The molecule has 4 rings (SSSR count). The van der Waals surface area contributed by atoms with Crippen LogP contribution in [-0.4, -0.2) is 37.7 Å². The van der Waals surface area contributed by atoms with Crippen LogP contribution >= 0.6 is 0 Å². The van der Waals surface area contributed by atoms with Crippen LogP contribution in [0.15, 0.2) is 23.3 Å². The van der Waals surface area contributed by atoms with E-state index < -0.39 is 5.91 Å². The van der Waals surface area contributed by atoms with Crippen LogP contribution in [0.4, 0.5) is 5.95 Å². The molecule has 0 unspecified atom stereocenters. The third kappa shape index (κ3) is 3.23. The Morgan fingerprint density at radius 1 is 1.32 bits per heavy atom. The number of anilines is 1. The molecule has 28 heavy (non-hydrogen) atoms. The number of aryl methyl sites for hydroxylation is 1. The molecule has 0 atom stereocenters. The number of nitrogens with zero attached hydrogens (tertiary/aromatic N) is 4. The Kier molecular flexibility index (Phi) is 4.81. The van der Waals surface area contributed by atoms with Crippen molar-refractivity contribution >= 4 is 22.9 Å². The van der Waals surface area contributed by atoms with Gasteiger partial charge in [0.15, 0.2) is 0 Å². The van der Waals surface area contributed by atoms with E-state index in [1.165, 1.54) is 0 Å². The number of aromatic nitrogens is 5. The Labute approximate surface area is 161 Å². The van der Waals surface area contributed by atoms with Gasteiger partial charge in [0.05, 0.1) is 11.9 Å². The first kappa shape index (κ1) is 18.1. The van der Waals surface area contributed by atoms with Crippen molar-refractivity contribution in [2.45, 2.75) is 45.2 Å². The monoisotopic (exact) mass is 381 g/mol. The van der Waals surface area contributed by atoms with E-state index in [9.17, 15) is 9.59 Å². The lowest BCUT2D eigenvalue weighted by Gasteiger charge is -2.19. The van der Waals surface area contributed by atoms with Crippen molar-refractivity contribution in [2.75, 3.05) is 12.4 Å². The molecule has 146 valence electrons. The van der Waals surface area contributed by atoms with Gasteiger partial charge in [-0.25, -0.2) is 4.98 Å². The quantitative estimate of drug-likeness (QED) is 0.621. The van der Waals surface area contributed by atoms with Gasteiger partial charge in [-0.15, -0.1) is 0 Å². The lowest BCUT2D eigenvalue weighted by atomic mass is 10.1. The van der Waals surface area contributed by atoms with Crippen LogP contribution in [0.25, 0.3) is 11.0 Å². The van der Waals surface area contributed by atoms with Gasteiger partial charge in [-0.05, 0) is 25.8 Å². The van der Waals surface area contributed by atoms with Gasteiger partial charge in [-0.1, -0.05) is 12.8 Å². The van der Waals surface area contributed by atoms with Gasteiger partial charge < -0.3 is 10.6 Å². The minimum atomic E-state index is -0.406. The summed E-state index contributed by atoms with van der Waals surface area (Å²) in [6.45, 7) is 2.16. The highest BCUT2D eigenvalue weighted by atomic mass is 16.2. The fourth-order valence-electron chi connectivity index (χ4n) is 3.78. The van der Waals surface area contributed by atoms with E-state index in [1.807, 2.05) is 6.92 Å². The van der Waals surface area contributed by atoms with Crippen LogP contribution in [-0.2, 0) is 6.54 Å². The number of hydrogen-bond donors (Lipinski definition) is 3. The molecule has 1 aliphatic carbocycles. The molecule has 3 heterocycles. The van der Waals surface area contributed by atoms with E-state index in [0.717, 1.165) is 42.3 Å². The van der Waals surface area contributed by atoms with E-state index in [-0.39, 0.29) is 17.2 Å². The second kappa shape index (κ2) is 7.41. The van der Waals surface area contributed by atoms with Crippen molar-refractivity contribution in [3.63, 3.8) is 0 Å². The number of amides is 1. The fourth-order valence-corrected chi connectivity index (χ4v) is 3.78. The second-order valence-corrected chi connectivity index (χ2v) is 7.08. The summed E-state index contributed by atoms with van der Waals surface area (Å²) in [6, 6.07) is 1.67. The predicted octanol–water partition coefficient (Wildman–Crippen LogP) is 1.91. The number of H-pyrrole nitrogens is 1. The molecule has 1 fully saturated rings. The fraction of sp³-hybridized carbons (Fsp3) is 0.421. The van der Waals surface area contributed by atoms with Crippen molar-refractivity contribution < 1.29 is 4.79 Å². The topological polar surface area (TPSA) is 118 Å². The number of carbonyl (C=O) groups is 1. The molecule has 3 aromatic heterocycles. The molecule has 0 bridgehead atoms. The van der Waals surface area contributed by atoms with Crippen LogP contribution in [0.3, 0.4) is 0 Å². The third-order valence-electron chi connectivity index (χ3n) is 5.25. The molecule has 9 heteroatoms. The Bertz CT molecular complexity index is 1070. The predicted molar refractivity (Wildman–Crippen MR) is 105 cm³/mol. The Balaban J connectivity index is 1.82. The van der Waals surface area contributed by atoms with E-state index in [0.29, 0.717) is 18.1 Å². The summed E-state index contributed by atoms with van der Waals surface area (Å²) in [5.41, 5.74) is 1.96. The molecule has 0 aliphatic heterocycles. The Morgan fingerprint density at radius 2 is 2.11 bits per heavy atom. The maximum absolute atomic E-state index is 13.3. The SMILES string of the molecule is CNc1nc(C)c2cc(C(=O)NCc3cn[nH]c3)c(=O)n(C3CCCC3)c2n1. The van der Waals surface area contributed by atoms with Crippen LogP contribution in [0.1, 0.15) is 53.3 Å². The van der Waals surface area contributed by atoms with Gasteiger partial charge in [0.2, 0.25) is 5.95 Å². The van der Waals surface area contributed by atoms with Crippen LogP contribution in [0, 0.1) is 6.92 Å². The maximum atomic E-state index is 13.3. The zero-order valence-corrected chi connectivity index (χ0v) is 16.0. The first-order valence-electron chi connectivity index (χ1n) is 9.46. The average Bonchev–Trinajstić information content (AvgIpc) is 3.39. The number of rotatable bonds is 5. The molecule has 1 amide bonds. The standard InChI is InChI=1S/C19H23N7O2/c1-11-14-7-15(17(27)21-8-12-9-22-23-10-12)18(28)26(13-5-3-4-6-13)16(14)25-19(20-2)24-11/h7,9-10,13H,3-6,8H2,1-2H3,(H,21,27)(H,22,23)(H,20,24,25). The first-order chi connectivity index (χ1) is 13.6. The molecule has 1 aliphatic rings. The molecule has 0 spiro atoms. The van der Waals surface area contributed by atoms with Crippen LogP contribution in [0.5, 0.6) is 0 Å². The molecule has 1 saturated carbocycles. The smallest absolute Gasteiger partial charge is 0.265 e. The minimum absolute atomic E-state index is 0.0515. The summed E-state index contributed by atoms with van der Waals surface area (Å²) < 4.78 is 1.70. The summed E-state index contributed by atoms with van der Waals surface area (Å²) in [4.78, 5) is 35.1. The number of aromatic amines is 1. The van der Waals surface area contributed by atoms with Gasteiger partial charge in [-0.2, -0.15) is 10.1 Å². The highest BCUT2D eigenvalue weighted by Gasteiger charge is 2.25. The van der Waals surface area contributed by atoms with Gasteiger partial charge >= 0.3 is 0 Å². The third-order valence-corrected chi connectivity index (χ3v) is 5.25. The number of carbonyl (C=O) groups excluding carboxylic acids is 1. The summed E-state index contributed by atoms with van der Waals surface area (Å²) in [7, 11) is 1.75. The lowest BCUT2D eigenvalue weighted by molar-refractivity contribution is 0.0949. The number of fused-ring (bicyclic) bond motifs is 1. The highest BCUT2D eigenvalue weighted by Crippen LogP contribution is 2.31. The van der Waals surface area contributed by atoms with Crippen molar-refractivity contribution in [3.05, 3.63) is 45.6 Å². The van der Waals surface area contributed by atoms with E-state index in [4.69, 9.17) is 0 Å². The van der Waals surface area contributed by atoms with E-state index in [2.05, 4.69) is 30.8 Å². The second-order valence-electron chi connectivity index (χ2n) is 7.08. The first-order valence-corrected chi connectivity index (χ1v) is 9.46. The Hall–Kier alpha value is -3.23. The van der Waals surface area contributed by atoms with Crippen molar-refractivity contribution in [1.29, 1.82) is 0 Å². The molecular formula is C19H23N7O2. The van der Waals surface area contributed by atoms with Crippen LogP contribution in [0.2, 0.25) is 0 Å². The van der Waals surface area contributed by atoms with Gasteiger partial charge in [0, 0.05) is 36.8 Å². The van der Waals surface area contributed by atoms with E-state index in [1.54, 1.807) is 30.1 Å². The van der Waals surface area contributed by atoms with Crippen LogP contribution < -0.4 is 16.2 Å². The molecule has 0 aromatic carbocycles. The molecular weight excluding hydrogens is 358 g/mol. The van der Waals surface area contributed by atoms with Crippen molar-refractivity contribution in [1.82, 2.24) is 30.0 Å². The summed E-state index contributed by atoms with van der Waals surface area (Å²) in [6.07, 6.45) is 7.29. The number of nitrogens with one attached hydrogen (secondary N) is 3. The van der Waals surface area contributed by atoms with Crippen molar-refractivity contribution in [3.8, 4) is 0 Å². The zero-order valence-electron chi connectivity index (χ0n) is 16.0. The number of pyridine rings is 1. The molecule has 0 saturated heterocycles. The van der Waals surface area contributed by atoms with Gasteiger partial charge in [0.1, 0.15) is 11.2 Å². The molecule has 3 aromatic rings. The average molecular weight is 381 g/mol. The largest absolute Gasteiger partial charge is 0.357 e. The number of hydrogen-bond acceptors (Lipinski definition) is 6. The lowest BCUT2D eigenvalue weighted by Crippen LogP contribution is -2.34.